The number of ketones is 1. The zero-order valence-electron chi connectivity index (χ0n) is 10.0. The molecule has 96 valence electrons. The summed E-state index contributed by atoms with van der Waals surface area (Å²) < 4.78 is 5.67. The number of hydrogen-bond donors (Lipinski definition) is 2. The van der Waals surface area contributed by atoms with Crippen LogP contribution >= 0.6 is 0 Å². The Bertz CT molecular complexity index is 634. The van der Waals surface area contributed by atoms with Crippen molar-refractivity contribution in [2.45, 2.75) is 12.5 Å². The summed E-state index contributed by atoms with van der Waals surface area (Å²) in [5.74, 6) is -0.720. The molecular weight excluding hydrogens is 244 g/mol. The molecule has 19 heavy (non-hydrogen) atoms. The van der Waals surface area contributed by atoms with Crippen molar-refractivity contribution in [1.29, 1.82) is 0 Å². The lowest BCUT2D eigenvalue weighted by Crippen LogP contribution is -2.20. The molecule has 0 unspecified atom stereocenters. The van der Waals surface area contributed by atoms with Crippen molar-refractivity contribution in [3.8, 4) is 17.2 Å². The second-order valence-corrected chi connectivity index (χ2v) is 4.45. The normalized spacial score (nSPS) is 17.7. The fourth-order valence-corrected chi connectivity index (χ4v) is 2.22. The first kappa shape index (κ1) is 11.6. The summed E-state index contributed by atoms with van der Waals surface area (Å²) >= 11 is 0. The van der Waals surface area contributed by atoms with E-state index in [-0.39, 0.29) is 29.5 Å². The number of rotatable bonds is 1. The summed E-state index contributed by atoms with van der Waals surface area (Å²) in [7, 11) is 0. The van der Waals surface area contributed by atoms with Crippen molar-refractivity contribution in [1.82, 2.24) is 0 Å². The van der Waals surface area contributed by atoms with Crippen LogP contribution in [0.3, 0.4) is 0 Å². The number of benzene rings is 2. The summed E-state index contributed by atoms with van der Waals surface area (Å²) in [5.41, 5.74) is 1.17. The molecule has 0 radical (unpaired) electrons. The topological polar surface area (TPSA) is 66.8 Å². The van der Waals surface area contributed by atoms with E-state index < -0.39 is 6.10 Å². The van der Waals surface area contributed by atoms with E-state index in [4.69, 9.17) is 4.74 Å². The molecule has 2 N–H and O–H groups in total. The Balaban J connectivity index is 2.04. The van der Waals surface area contributed by atoms with Crippen LogP contribution in [0.5, 0.6) is 17.2 Å². The average molecular weight is 256 g/mol. The Kier molecular flexibility index (Phi) is 2.63. The number of ether oxygens (including phenoxy) is 1. The number of phenolic OH excluding ortho intramolecular Hbond substituents is 2. The van der Waals surface area contributed by atoms with E-state index in [1.54, 1.807) is 0 Å². The van der Waals surface area contributed by atoms with E-state index in [9.17, 15) is 15.0 Å². The second kappa shape index (κ2) is 4.31. The molecule has 1 aliphatic rings. The molecule has 0 saturated heterocycles. The van der Waals surface area contributed by atoms with E-state index in [0.717, 1.165) is 5.56 Å². The van der Waals surface area contributed by atoms with Crippen LogP contribution in [0.15, 0.2) is 42.5 Å². The molecule has 0 bridgehead atoms. The molecule has 0 saturated carbocycles. The van der Waals surface area contributed by atoms with Crippen LogP contribution in [-0.4, -0.2) is 16.0 Å². The van der Waals surface area contributed by atoms with Crippen LogP contribution in [0.1, 0.15) is 28.4 Å². The lowest BCUT2D eigenvalue weighted by Gasteiger charge is -2.26. The van der Waals surface area contributed by atoms with Crippen LogP contribution in [0.4, 0.5) is 0 Å². The summed E-state index contributed by atoms with van der Waals surface area (Å²) in [6.07, 6.45) is -0.213. The SMILES string of the molecule is O=C1C[C@H](c2ccccc2)Oc2c1ccc(O)c2O. The predicted molar refractivity (Wildman–Crippen MR) is 68.5 cm³/mol. The maximum absolute atomic E-state index is 12.1. The molecule has 1 atom stereocenters. The number of Topliss-reactive ketones (excluding diaryl/α,β-unsaturated/α-hetero) is 1. The molecule has 0 fully saturated rings. The minimum absolute atomic E-state index is 0.0603. The van der Waals surface area contributed by atoms with Gasteiger partial charge in [-0.2, -0.15) is 0 Å². The molecule has 4 heteroatoms. The Labute approximate surface area is 109 Å². The van der Waals surface area contributed by atoms with Gasteiger partial charge in [-0.15, -0.1) is 0 Å². The molecule has 0 amide bonds. The zero-order valence-corrected chi connectivity index (χ0v) is 10.0. The molecule has 0 spiro atoms. The third kappa shape index (κ3) is 1.91. The summed E-state index contributed by atoms with van der Waals surface area (Å²) in [5, 5.41) is 19.3. The quantitative estimate of drug-likeness (QED) is 0.770. The van der Waals surface area contributed by atoms with Gasteiger partial charge in [0.2, 0.25) is 5.75 Å². The maximum atomic E-state index is 12.1. The first-order valence-electron chi connectivity index (χ1n) is 5.96. The minimum atomic E-state index is -0.436. The maximum Gasteiger partial charge on any atom is 0.201 e. The highest BCUT2D eigenvalue weighted by Gasteiger charge is 2.30. The third-order valence-electron chi connectivity index (χ3n) is 3.21. The van der Waals surface area contributed by atoms with Crippen molar-refractivity contribution in [3.05, 3.63) is 53.6 Å². The number of fused-ring (bicyclic) bond motifs is 1. The van der Waals surface area contributed by atoms with Crippen LogP contribution < -0.4 is 4.74 Å². The van der Waals surface area contributed by atoms with Crippen molar-refractivity contribution >= 4 is 5.78 Å². The van der Waals surface area contributed by atoms with Crippen molar-refractivity contribution in [2.75, 3.05) is 0 Å². The van der Waals surface area contributed by atoms with Gasteiger partial charge in [0.1, 0.15) is 6.10 Å². The van der Waals surface area contributed by atoms with Gasteiger partial charge in [-0.25, -0.2) is 0 Å². The Morgan fingerprint density at radius 2 is 1.79 bits per heavy atom. The van der Waals surface area contributed by atoms with Crippen molar-refractivity contribution in [2.24, 2.45) is 0 Å². The highest BCUT2D eigenvalue weighted by molar-refractivity contribution is 6.01. The Morgan fingerprint density at radius 3 is 2.53 bits per heavy atom. The molecule has 0 aromatic heterocycles. The summed E-state index contributed by atoms with van der Waals surface area (Å²) in [4.78, 5) is 12.1. The second-order valence-electron chi connectivity index (χ2n) is 4.45. The molecule has 3 rings (SSSR count). The van der Waals surface area contributed by atoms with Gasteiger partial charge in [0.25, 0.3) is 0 Å². The average Bonchev–Trinajstić information content (AvgIpc) is 2.44. The van der Waals surface area contributed by atoms with Crippen LogP contribution in [0.2, 0.25) is 0 Å². The molecule has 1 heterocycles. The largest absolute Gasteiger partial charge is 0.504 e. The van der Waals surface area contributed by atoms with Gasteiger partial charge in [-0.05, 0) is 17.7 Å². The Hall–Kier alpha value is -2.49. The van der Waals surface area contributed by atoms with Gasteiger partial charge in [0.05, 0.1) is 12.0 Å². The first-order chi connectivity index (χ1) is 9.16. The van der Waals surface area contributed by atoms with Gasteiger partial charge in [0.15, 0.2) is 17.3 Å². The minimum Gasteiger partial charge on any atom is -0.504 e. The Morgan fingerprint density at radius 1 is 1.05 bits per heavy atom. The van der Waals surface area contributed by atoms with E-state index >= 15 is 0 Å². The summed E-state index contributed by atoms with van der Waals surface area (Å²) in [6.45, 7) is 0. The lowest BCUT2D eigenvalue weighted by molar-refractivity contribution is 0.0841. The van der Waals surface area contributed by atoms with E-state index in [2.05, 4.69) is 0 Å². The standard InChI is InChI=1S/C15H12O4/c16-11-7-6-10-12(17)8-13(19-15(10)14(11)18)9-4-2-1-3-5-9/h1-7,13,16,18H,8H2/t13-/m1/s1. The number of hydrogen-bond acceptors (Lipinski definition) is 4. The molecule has 2 aromatic carbocycles. The number of carbonyl (C=O) groups excluding carboxylic acids is 1. The molecule has 2 aromatic rings. The fraction of sp³-hybridized carbons (Fsp3) is 0.133. The van der Waals surface area contributed by atoms with Gasteiger partial charge < -0.3 is 14.9 Å². The van der Waals surface area contributed by atoms with Crippen molar-refractivity contribution in [3.63, 3.8) is 0 Å². The first-order valence-corrected chi connectivity index (χ1v) is 5.96. The van der Waals surface area contributed by atoms with E-state index in [1.807, 2.05) is 30.3 Å². The van der Waals surface area contributed by atoms with Gasteiger partial charge in [-0.1, -0.05) is 30.3 Å². The van der Waals surface area contributed by atoms with Gasteiger partial charge in [-0.3, -0.25) is 4.79 Å². The van der Waals surface area contributed by atoms with E-state index in [1.165, 1.54) is 12.1 Å². The van der Waals surface area contributed by atoms with E-state index in [0.29, 0.717) is 5.56 Å². The molecule has 4 nitrogen and oxygen atoms in total. The zero-order chi connectivity index (χ0) is 13.4. The summed E-state index contributed by atoms with van der Waals surface area (Å²) in [6, 6.07) is 12.1. The smallest absolute Gasteiger partial charge is 0.201 e. The highest BCUT2D eigenvalue weighted by atomic mass is 16.5. The highest BCUT2D eigenvalue weighted by Crippen LogP contribution is 2.44. The monoisotopic (exact) mass is 256 g/mol. The van der Waals surface area contributed by atoms with Crippen LogP contribution in [-0.2, 0) is 0 Å². The number of phenols is 2. The van der Waals surface area contributed by atoms with Gasteiger partial charge in [0, 0.05) is 0 Å². The number of aromatic hydroxyl groups is 2. The molecule has 1 aliphatic heterocycles. The third-order valence-corrected chi connectivity index (χ3v) is 3.21. The predicted octanol–water partition coefficient (Wildman–Crippen LogP) is 2.80. The molecule has 0 aliphatic carbocycles. The molecular formula is C15H12O4. The lowest BCUT2D eigenvalue weighted by atomic mass is 9.96. The fourth-order valence-electron chi connectivity index (χ4n) is 2.22. The number of carbonyl (C=O) groups is 1. The van der Waals surface area contributed by atoms with Crippen LogP contribution in [0.25, 0.3) is 0 Å². The van der Waals surface area contributed by atoms with Gasteiger partial charge >= 0.3 is 0 Å². The van der Waals surface area contributed by atoms with Crippen molar-refractivity contribution < 1.29 is 19.7 Å². The van der Waals surface area contributed by atoms with Crippen LogP contribution in [0, 0.1) is 0 Å².